The predicted molar refractivity (Wildman–Crippen MR) is 108 cm³/mol. The summed E-state index contributed by atoms with van der Waals surface area (Å²) in [4.78, 5) is 8.83. The minimum Gasteiger partial charge on any atom is -0.262 e. The summed E-state index contributed by atoms with van der Waals surface area (Å²) in [5.74, 6) is -0.0114. The van der Waals surface area contributed by atoms with Gasteiger partial charge in [-0.25, -0.2) is 13.1 Å². The smallest absolute Gasteiger partial charge is 0.175 e. The molecule has 0 N–H and O–H groups in total. The van der Waals surface area contributed by atoms with Crippen LogP contribution in [0, 0.1) is 6.92 Å². The van der Waals surface area contributed by atoms with E-state index in [2.05, 4.69) is 16.9 Å². The van der Waals surface area contributed by atoms with Gasteiger partial charge in [0.05, 0.1) is 28.0 Å². The molecule has 142 valence electrons. The molecule has 1 unspecified atom stereocenters. The number of rotatable bonds is 4. The molecule has 3 heterocycles. The number of aromatic nitrogens is 4. The van der Waals surface area contributed by atoms with Crippen LogP contribution in [0.15, 0.2) is 66.0 Å². The van der Waals surface area contributed by atoms with Gasteiger partial charge in [-0.1, -0.05) is 19.1 Å². The third-order valence-electron chi connectivity index (χ3n) is 4.86. The molecule has 0 aliphatic heterocycles. The standard InChI is InChI=1S/C21H20N4O2S/c1-14-12-17(8-11-23-14)25-20-13-22-10-9-19(20)21(24-25)15(2)16-4-6-18(7-5-16)28(3,26)27/h4-13,15H,1-3H3. The predicted octanol–water partition coefficient (Wildman–Crippen LogP) is 3.68. The molecule has 0 fully saturated rings. The zero-order valence-electron chi connectivity index (χ0n) is 15.9. The van der Waals surface area contributed by atoms with Crippen LogP contribution in [-0.2, 0) is 9.84 Å². The Balaban J connectivity index is 1.83. The Hall–Kier alpha value is -3.06. The Bertz CT molecular complexity index is 1260. The molecule has 4 rings (SSSR count). The third kappa shape index (κ3) is 3.29. The summed E-state index contributed by atoms with van der Waals surface area (Å²) in [5, 5.41) is 5.90. The van der Waals surface area contributed by atoms with Gasteiger partial charge in [-0.3, -0.25) is 9.97 Å². The minimum absolute atomic E-state index is 0.0114. The van der Waals surface area contributed by atoms with Crippen LogP contribution >= 0.6 is 0 Å². The monoisotopic (exact) mass is 392 g/mol. The van der Waals surface area contributed by atoms with Gasteiger partial charge >= 0.3 is 0 Å². The number of hydrogen-bond acceptors (Lipinski definition) is 5. The third-order valence-corrected chi connectivity index (χ3v) is 5.98. The lowest BCUT2D eigenvalue weighted by atomic mass is 9.96. The lowest BCUT2D eigenvalue weighted by Gasteiger charge is -2.10. The molecule has 0 aliphatic rings. The molecule has 0 aliphatic carbocycles. The Morgan fingerprint density at radius 2 is 1.79 bits per heavy atom. The van der Waals surface area contributed by atoms with E-state index in [-0.39, 0.29) is 5.92 Å². The van der Waals surface area contributed by atoms with Gasteiger partial charge in [0.15, 0.2) is 9.84 Å². The zero-order valence-corrected chi connectivity index (χ0v) is 16.7. The van der Waals surface area contributed by atoms with Crippen molar-refractivity contribution in [2.24, 2.45) is 0 Å². The number of benzene rings is 1. The van der Waals surface area contributed by atoms with Gasteiger partial charge in [-0.2, -0.15) is 5.10 Å². The van der Waals surface area contributed by atoms with E-state index in [1.54, 1.807) is 30.7 Å². The van der Waals surface area contributed by atoms with Crippen LogP contribution in [0.2, 0.25) is 0 Å². The fourth-order valence-corrected chi connectivity index (χ4v) is 3.96. The molecule has 3 aromatic heterocycles. The van der Waals surface area contributed by atoms with Gasteiger partial charge in [0.2, 0.25) is 0 Å². The molecule has 0 saturated carbocycles. The van der Waals surface area contributed by atoms with Gasteiger partial charge in [-0.15, -0.1) is 0 Å². The highest BCUT2D eigenvalue weighted by molar-refractivity contribution is 7.90. The van der Waals surface area contributed by atoms with Crippen molar-refractivity contribution in [3.8, 4) is 5.69 Å². The van der Waals surface area contributed by atoms with Crippen LogP contribution < -0.4 is 0 Å². The number of pyridine rings is 2. The van der Waals surface area contributed by atoms with E-state index in [0.717, 1.165) is 33.5 Å². The highest BCUT2D eigenvalue weighted by Crippen LogP contribution is 2.31. The van der Waals surface area contributed by atoms with E-state index in [0.29, 0.717) is 4.90 Å². The van der Waals surface area contributed by atoms with Gasteiger partial charge < -0.3 is 0 Å². The SMILES string of the molecule is Cc1cc(-n2nc(C(C)c3ccc(S(C)(=O)=O)cc3)c3ccncc32)ccn1. The summed E-state index contributed by atoms with van der Waals surface area (Å²) < 4.78 is 25.3. The molecule has 6 nitrogen and oxygen atoms in total. The summed E-state index contributed by atoms with van der Waals surface area (Å²) in [6.07, 6.45) is 6.54. The molecule has 0 radical (unpaired) electrons. The van der Waals surface area contributed by atoms with Crippen molar-refractivity contribution in [3.05, 3.63) is 78.0 Å². The Kier molecular flexibility index (Phi) is 4.47. The molecule has 4 aromatic rings. The van der Waals surface area contributed by atoms with Crippen molar-refractivity contribution in [2.45, 2.75) is 24.7 Å². The Labute approximate surface area is 163 Å². The Morgan fingerprint density at radius 3 is 2.46 bits per heavy atom. The molecular formula is C21H20N4O2S. The van der Waals surface area contributed by atoms with Crippen LogP contribution in [0.4, 0.5) is 0 Å². The largest absolute Gasteiger partial charge is 0.262 e. The second-order valence-electron chi connectivity index (χ2n) is 6.91. The first-order valence-electron chi connectivity index (χ1n) is 8.90. The first kappa shape index (κ1) is 18.3. The quantitative estimate of drug-likeness (QED) is 0.529. The van der Waals surface area contributed by atoms with Crippen molar-refractivity contribution < 1.29 is 8.42 Å². The second kappa shape index (κ2) is 6.83. The lowest BCUT2D eigenvalue weighted by Crippen LogP contribution is -2.02. The Morgan fingerprint density at radius 1 is 1.04 bits per heavy atom. The van der Waals surface area contributed by atoms with Crippen molar-refractivity contribution in [1.82, 2.24) is 19.7 Å². The first-order chi connectivity index (χ1) is 13.3. The van der Waals surface area contributed by atoms with E-state index >= 15 is 0 Å². The van der Waals surface area contributed by atoms with Crippen molar-refractivity contribution in [3.63, 3.8) is 0 Å². The van der Waals surface area contributed by atoms with Crippen molar-refractivity contribution in [2.75, 3.05) is 6.26 Å². The molecule has 28 heavy (non-hydrogen) atoms. The number of fused-ring (bicyclic) bond motifs is 1. The van der Waals surface area contributed by atoms with Crippen LogP contribution in [0.5, 0.6) is 0 Å². The maximum Gasteiger partial charge on any atom is 0.175 e. The normalized spacial score (nSPS) is 13.0. The second-order valence-corrected chi connectivity index (χ2v) is 8.92. The fourth-order valence-electron chi connectivity index (χ4n) is 3.33. The molecule has 0 amide bonds. The van der Waals surface area contributed by atoms with E-state index in [9.17, 15) is 8.42 Å². The number of hydrogen-bond donors (Lipinski definition) is 0. The number of nitrogens with zero attached hydrogens (tertiary/aromatic N) is 4. The first-order valence-corrected chi connectivity index (χ1v) is 10.8. The average molecular weight is 392 g/mol. The summed E-state index contributed by atoms with van der Waals surface area (Å²) in [6.45, 7) is 4.01. The van der Waals surface area contributed by atoms with Crippen LogP contribution in [0.3, 0.4) is 0 Å². The van der Waals surface area contributed by atoms with E-state index < -0.39 is 9.84 Å². The summed E-state index contributed by atoms with van der Waals surface area (Å²) in [7, 11) is -3.21. The lowest BCUT2D eigenvalue weighted by molar-refractivity contribution is 0.602. The minimum atomic E-state index is -3.21. The van der Waals surface area contributed by atoms with E-state index in [4.69, 9.17) is 5.10 Å². The molecule has 1 aromatic carbocycles. The summed E-state index contributed by atoms with van der Waals surface area (Å²) in [6, 6.07) is 12.9. The number of aryl methyl sites for hydroxylation is 1. The van der Waals surface area contributed by atoms with Crippen LogP contribution in [-0.4, -0.2) is 34.4 Å². The van der Waals surface area contributed by atoms with Crippen molar-refractivity contribution in [1.29, 1.82) is 0 Å². The maximum atomic E-state index is 11.7. The maximum absolute atomic E-state index is 11.7. The average Bonchev–Trinajstić information content (AvgIpc) is 3.07. The van der Waals surface area contributed by atoms with Crippen LogP contribution in [0.1, 0.15) is 29.8 Å². The summed E-state index contributed by atoms with van der Waals surface area (Å²) in [5.41, 5.74) is 4.68. The van der Waals surface area contributed by atoms with E-state index in [1.807, 2.05) is 41.9 Å². The van der Waals surface area contributed by atoms with Gasteiger partial charge in [0.25, 0.3) is 0 Å². The van der Waals surface area contributed by atoms with Crippen LogP contribution in [0.25, 0.3) is 16.6 Å². The molecule has 0 bridgehead atoms. The fraction of sp³-hybridized carbons (Fsp3) is 0.190. The molecular weight excluding hydrogens is 372 g/mol. The number of sulfone groups is 1. The molecule has 7 heteroatoms. The van der Waals surface area contributed by atoms with Gasteiger partial charge in [0, 0.05) is 35.6 Å². The topological polar surface area (TPSA) is 77.7 Å². The summed E-state index contributed by atoms with van der Waals surface area (Å²) >= 11 is 0. The van der Waals surface area contributed by atoms with Gasteiger partial charge in [0.1, 0.15) is 0 Å². The molecule has 0 spiro atoms. The van der Waals surface area contributed by atoms with Crippen molar-refractivity contribution >= 4 is 20.7 Å². The van der Waals surface area contributed by atoms with E-state index in [1.165, 1.54) is 6.26 Å². The molecule has 0 saturated heterocycles. The zero-order chi connectivity index (χ0) is 19.9. The highest BCUT2D eigenvalue weighted by atomic mass is 32.2. The highest BCUT2D eigenvalue weighted by Gasteiger charge is 2.19. The van der Waals surface area contributed by atoms with Gasteiger partial charge in [-0.05, 0) is 42.8 Å². The molecule has 1 atom stereocenters.